The topological polar surface area (TPSA) is 26.0 Å². The van der Waals surface area contributed by atoms with Gasteiger partial charge in [0.25, 0.3) is 0 Å². The van der Waals surface area contributed by atoms with Gasteiger partial charge < -0.3 is 27.2 Å². The summed E-state index contributed by atoms with van der Waals surface area (Å²) in [7, 11) is 0. The monoisotopic (exact) mass is 254 g/mol. The number of quaternary nitrogens is 1. The molecule has 1 fully saturated rings. The first-order valence-electron chi connectivity index (χ1n) is 4.49. The molecule has 0 radical (unpaired) electrons. The van der Waals surface area contributed by atoms with Gasteiger partial charge in [-0.05, 0) is 0 Å². The van der Waals surface area contributed by atoms with Crippen molar-refractivity contribution >= 4 is 12.6 Å². The average Bonchev–Trinajstić information content (AvgIpc) is 2.39. The van der Waals surface area contributed by atoms with E-state index in [1.54, 1.807) is 0 Å². The van der Waals surface area contributed by atoms with Crippen molar-refractivity contribution in [3.8, 4) is 0 Å². The molecular weight excluding hydrogens is 236 g/mol. The number of hydrogen-bond donors (Lipinski definition) is 2. The van der Waals surface area contributed by atoms with Gasteiger partial charge in [0.1, 0.15) is 0 Å². The smallest absolute Gasteiger partial charge is 0.0911 e. The highest BCUT2D eigenvalue weighted by Gasteiger charge is 2.29. The van der Waals surface area contributed by atoms with Crippen LogP contribution in [-0.4, -0.2) is 43.0 Å². The van der Waals surface area contributed by atoms with Crippen molar-refractivity contribution in [3.05, 3.63) is 0 Å². The second kappa shape index (κ2) is 6.24. The number of nitrogens with two attached hydrogens (primary N) is 1. The van der Waals surface area contributed by atoms with Gasteiger partial charge in [0, 0.05) is 25.1 Å². The molecule has 0 amide bonds. The maximum absolute atomic E-state index is 5.58. The van der Waals surface area contributed by atoms with E-state index < -0.39 is 0 Å². The van der Waals surface area contributed by atoms with E-state index in [2.05, 4.69) is 12.6 Å². The largest absolute Gasteiger partial charge is 1.00 e. The Hall–Kier alpha value is 0.750. The summed E-state index contributed by atoms with van der Waals surface area (Å²) in [5, 5.41) is 0. The van der Waals surface area contributed by atoms with Crippen LogP contribution >= 0.6 is 12.6 Å². The number of nitrogens with zero attached hydrogens (tertiary/aromatic N) is 1. The van der Waals surface area contributed by atoms with Crippen molar-refractivity contribution < 1.29 is 21.5 Å². The highest BCUT2D eigenvalue weighted by molar-refractivity contribution is 7.80. The normalized spacial score (nSPS) is 20.5. The fourth-order valence-electron chi connectivity index (χ4n) is 2.05. The van der Waals surface area contributed by atoms with E-state index >= 15 is 0 Å². The first-order valence-corrected chi connectivity index (χ1v) is 5.12. The summed E-state index contributed by atoms with van der Waals surface area (Å²) in [4.78, 5) is 0. The molecule has 12 heavy (non-hydrogen) atoms. The zero-order valence-electron chi connectivity index (χ0n) is 7.51. The fourth-order valence-corrected chi connectivity index (χ4v) is 2.48. The molecule has 0 aromatic carbocycles. The summed E-state index contributed by atoms with van der Waals surface area (Å²) in [6.07, 6.45) is 2.77. The van der Waals surface area contributed by atoms with Crippen molar-refractivity contribution in [1.82, 2.24) is 0 Å². The summed E-state index contributed by atoms with van der Waals surface area (Å²) in [5.74, 6) is 1.00. The van der Waals surface area contributed by atoms with E-state index in [0.717, 1.165) is 18.8 Å². The molecule has 0 aliphatic carbocycles. The Bertz CT molecular complexity index is 108. The van der Waals surface area contributed by atoms with Crippen LogP contribution in [0, 0.1) is 0 Å². The van der Waals surface area contributed by atoms with Crippen molar-refractivity contribution in [1.29, 1.82) is 0 Å². The van der Waals surface area contributed by atoms with E-state index in [-0.39, 0.29) is 17.0 Å². The molecule has 0 atom stereocenters. The van der Waals surface area contributed by atoms with Crippen molar-refractivity contribution in [2.45, 2.75) is 12.8 Å². The first kappa shape index (κ1) is 12.8. The third-order valence-electron chi connectivity index (χ3n) is 2.69. The van der Waals surface area contributed by atoms with E-state index in [4.69, 9.17) is 5.73 Å². The van der Waals surface area contributed by atoms with Crippen LogP contribution in [0.1, 0.15) is 12.8 Å². The molecule has 0 spiro atoms. The molecule has 1 saturated heterocycles. The van der Waals surface area contributed by atoms with Gasteiger partial charge in [-0.2, -0.15) is 12.6 Å². The predicted octanol–water partition coefficient (Wildman–Crippen LogP) is -2.51. The second-order valence-corrected chi connectivity index (χ2v) is 3.90. The quantitative estimate of drug-likeness (QED) is 0.421. The lowest BCUT2D eigenvalue weighted by molar-refractivity contribution is -0.913. The molecule has 1 rings (SSSR count). The van der Waals surface area contributed by atoms with Gasteiger partial charge in [0.05, 0.1) is 26.2 Å². The van der Waals surface area contributed by atoms with Gasteiger partial charge in [-0.1, -0.05) is 0 Å². The van der Waals surface area contributed by atoms with Crippen LogP contribution in [0.5, 0.6) is 0 Å². The number of rotatable bonds is 4. The van der Waals surface area contributed by atoms with Crippen molar-refractivity contribution in [3.63, 3.8) is 0 Å². The molecule has 4 heteroatoms. The van der Waals surface area contributed by atoms with Crippen molar-refractivity contribution in [2.75, 3.05) is 38.5 Å². The molecule has 1 aliphatic heterocycles. The number of thiol groups is 1. The number of halogens is 1. The molecule has 0 saturated carbocycles. The third kappa shape index (κ3) is 3.24. The van der Waals surface area contributed by atoms with Gasteiger partial charge >= 0.3 is 0 Å². The summed E-state index contributed by atoms with van der Waals surface area (Å²) < 4.78 is 1.24. The maximum atomic E-state index is 5.58. The first-order chi connectivity index (χ1) is 5.33. The Balaban J connectivity index is 0.00000121. The van der Waals surface area contributed by atoms with E-state index in [1.165, 1.54) is 37.0 Å². The Morgan fingerprint density at radius 1 is 1.17 bits per heavy atom. The second-order valence-electron chi connectivity index (χ2n) is 3.46. The molecule has 1 heterocycles. The summed E-state index contributed by atoms with van der Waals surface area (Å²) >= 11 is 4.29. The molecule has 0 unspecified atom stereocenters. The van der Waals surface area contributed by atoms with Gasteiger partial charge in [0.2, 0.25) is 0 Å². The molecule has 1 aliphatic rings. The highest BCUT2D eigenvalue weighted by atomic mass is 79.9. The lowest BCUT2D eigenvalue weighted by Gasteiger charge is -2.33. The summed E-state index contributed by atoms with van der Waals surface area (Å²) in [6.45, 7) is 5.85. The fraction of sp³-hybridized carbons (Fsp3) is 1.00. The SMILES string of the molecule is NCC[N+]1(CCS)CCCC1.[Br-]. The molecular formula is C8H19BrN2S. The van der Waals surface area contributed by atoms with Crippen LogP contribution in [-0.2, 0) is 0 Å². The Morgan fingerprint density at radius 2 is 1.75 bits per heavy atom. The zero-order valence-corrected chi connectivity index (χ0v) is 9.99. The van der Waals surface area contributed by atoms with Gasteiger partial charge in [-0.3, -0.25) is 0 Å². The summed E-state index contributed by atoms with van der Waals surface area (Å²) in [5.41, 5.74) is 5.58. The maximum Gasteiger partial charge on any atom is 0.0911 e. The van der Waals surface area contributed by atoms with Gasteiger partial charge in [0.15, 0.2) is 0 Å². The van der Waals surface area contributed by atoms with Gasteiger partial charge in [-0.25, -0.2) is 0 Å². The van der Waals surface area contributed by atoms with Crippen LogP contribution in [0.15, 0.2) is 0 Å². The Morgan fingerprint density at radius 3 is 2.17 bits per heavy atom. The van der Waals surface area contributed by atoms with Crippen molar-refractivity contribution in [2.24, 2.45) is 5.73 Å². The molecule has 2 nitrogen and oxygen atoms in total. The zero-order chi connectivity index (χ0) is 8.16. The van der Waals surface area contributed by atoms with Crippen LogP contribution in [0.4, 0.5) is 0 Å². The minimum absolute atomic E-state index is 0. The van der Waals surface area contributed by atoms with Crippen LogP contribution in [0.2, 0.25) is 0 Å². The predicted molar refractivity (Wildman–Crippen MR) is 51.9 cm³/mol. The van der Waals surface area contributed by atoms with Gasteiger partial charge in [-0.15, -0.1) is 0 Å². The minimum Gasteiger partial charge on any atom is -1.00 e. The standard InChI is InChI=1S/C8H18N2S.BrH/c9-3-6-10(7-8-11)4-1-2-5-10;/h1-9H2;1H. The van der Waals surface area contributed by atoms with Crippen LogP contribution < -0.4 is 22.7 Å². The van der Waals surface area contributed by atoms with E-state index in [1.807, 2.05) is 0 Å². The number of hydrogen-bond acceptors (Lipinski definition) is 2. The Kier molecular flexibility index (Phi) is 6.63. The molecule has 0 aromatic rings. The molecule has 2 N–H and O–H groups in total. The molecule has 0 bridgehead atoms. The Labute approximate surface area is 91.3 Å². The number of likely N-dealkylation sites (tertiary alicyclic amines) is 1. The highest BCUT2D eigenvalue weighted by Crippen LogP contribution is 2.18. The summed E-state index contributed by atoms with van der Waals surface area (Å²) in [6, 6.07) is 0. The minimum atomic E-state index is 0. The van der Waals surface area contributed by atoms with E-state index in [0.29, 0.717) is 0 Å². The lowest BCUT2D eigenvalue weighted by atomic mass is 10.4. The molecule has 0 aromatic heterocycles. The lowest BCUT2D eigenvalue weighted by Crippen LogP contribution is -3.00. The third-order valence-corrected chi connectivity index (χ3v) is 2.89. The molecule has 74 valence electrons. The van der Waals surface area contributed by atoms with Crippen LogP contribution in [0.25, 0.3) is 0 Å². The van der Waals surface area contributed by atoms with E-state index in [9.17, 15) is 0 Å². The average molecular weight is 255 g/mol. The van der Waals surface area contributed by atoms with Crippen LogP contribution in [0.3, 0.4) is 0 Å².